The summed E-state index contributed by atoms with van der Waals surface area (Å²) in [5, 5.41) is 0. The molecule has 0 radical (unpaired) electrons. The van der Waals surface area contributed by atoms with Gasteiger partial charge in [0.05, 0.1) is 13.2 Å². The number of nitrogens with zero attached hydrogens (tertiary/aromatic N) is 1. The van der Waals surface area contributed by atoms with Crippen molar-refractivity contribution in [1.29, 1.82) is 0 Å². The normalized spacial score (nSPS) is 16.6. The van der Waals surface area contributed by atoms with Crippen LogP contribution in [0.15, 0.2) is 16.6 Å². The van der Waals surface area contributed by atoms with E-state index in [9.17, 15) is 0 Å². The zero-order valence-electron chi connectivity index (χ0n) is 11.3. The summed E-state index contributed by atoms with van der Waals surface area (Å²) in [6, 6.07) is 4.08. The van der Waals surface area contributed by atoms with Gasteiger partial charge in [-0.3, -0.25) is 4.90 Å². The van der Waals surface area contributed by atoms with Crippen LogP contribution < -0.4 is 10.5 Å². The van der Waals surface area contributed by atoms with E-state index in [0.29, 0.717) is 13.2 Å². The van der Waals surface area contributed by atoms with Crippen LogP contribution in [0.25, 0.3) is 0 Å². The summed E-state index contributed by atoms with van der Waals surface area (Å²) < 4.78 is 12.3. The Bertz CT molecular complexity index is 420. The number of nitrogens with two attached hydrogens (primary N) is 1. The molecule has 0 aromatic heterocycles. The molecular formula is C14H21BrN2O2. The van der Waals surface area contributed by atoms with E-state index in [1.807, 2.05) is 13.0 Å². The van der Waals surface area contributed by atoms with E-state index >= 15 is 0 Å². The molecule has 1 saturated heterocycles. The quantitative estimate of drug-likeness (QED) is 0.897. The fraction of sp³-hybridized carbons (Fsp3) is 0.571. The minimum Gasteiger partial charge on any atom is -0.492 e. The highest BCUT2D eigenvalue weighted by Gasteiger charge is 2.12. The Morgan fingerprint density at radius 2 is 2.11 bits per heavy atom. The van der Waals surface area contributed by atoms with Crippen LogP contribution in [0.5, 0.6) is 5.75 Å². The Kier molecular flexibility index (Phi) is 5.63. The van der Waals surface area contributed by atoms with Crippen molar-refractivity contribution in [3.63, 3.8) is 0 Å². The first-order valence-corrected chi connectivity index (χ1v) is 7.42. The molecule has 0 spiro atoms. The highest BCUT2D eigenvalue weighted by atomic mass is 79.9. The number of ether oxygens (including phenoxy) is 2. The molecule has 1 aromatic carbocycles. The Morgan fingerprint density at radius 3 is 2.79 bits per heavy atom. The molecule has 106 valence electrons. The third-order valence-corrected chi connectivity index (χ3v) is 3.75. The molecule has 1 aromatic rings. The zero-order valence-corrected chi connectivity index (χ0v) is 12.9. The molecule has 0 bridgehead atoms. The van der Waals surface area contributed by atoms with Gasteiger partial charge in [0, 0.05) is 36.2 Å². The summed E-state index contributed by atoms with van der Waals surface area (Å²) in [6.07, 6.45) is 0. The van der Waals surface area contributed by atoms with Gasteiger partial charge in [0.1, 0.15) is 12.4 Å². The Labute approximate surface area is 123 Å². The average Bonchev–Trinajstić information content (AvgIpc) is 2.42. The number of morpholine rings is 1. The largest absolute Gasteiger partial charge is 0.492 e. The maximum Gasteiger partial charge on any atom is 0.126 e. The van der Waals surface area contributed by atoms with Crippen LogP contribution in [0, 0.1) is 6.92 Å². The van der Waals surface area contributed by atoms with E-state index in [4.69, 9.17) is 15.2 Å². The predicted molar refractivity (Wildman–Crippen MR) is 79.5 cm³/mol. The maximum absolute atomic E-state index is 5.93. The molecule has 4 nitrogen and oxygen atoms in total. The fourth-order valence-electron chi connectivity index (χ4n) is 2.26. The molecule has 0 amide bonds. The summed E-state index contributed by atoms with van der Waals surface area (Å²) >= 11 is 3.49. The Morgan fingerprint density at radius 1 is 1.37 bits per heavy atom. The molecule has 1 heterocycles. The van der Waals surface area contributed by atoms with Gasteiger partial charge < -0.3 is 15.2 Å². The topological polar surface area (TPSA) is 47.7 Å². The lowest BCUT2D eigenvalue weighted by Crippen LogP contribution is -2.38. The van der Waals surface area contributed by atoms with Gasteiger partial charge in [-0.25, -0.2) is 0 Å². The van der Waals surface area contributed by atoms with Gasteiger partial charge in [-0.05, 0) is 24.6 Å². The van der Waals surface area contributed by atoms with Gasteiger partial charge in [-0.2, -0.15) is 0 Å². The summed E-state index contributed by atoms with van der Waals surface area (Å²) in [6.45, 7) is 7.80. The van der Waals surface area contributed by atoms with Gasteiger partial charge in [0.2, 0.25) is 0 Å². The smallest absolute Gasteiger partial charge is 0.126 e. The summed E-state index contributed by atoms with van der Waals surface area (Å²) in [5.41, 5.74) is 7.95. The predicted octanol–water partition coefficient (Wildman–Crippen LogP) is 1.93. The SMILES string of the molecule is Cc1cc(Br)cc(CN)c1OCCN1CCOCC1. The molecular weight excluding hydrogens is 308 g/mol. The number of hydrogen-bond donors (Lipinski definition) is 1. The van der Waals surface area contributed by atoms with E-state index in [1.54, 1.807) is 0 Å². The van der Waals surface area contributed by atoms with Crippen molar-refractivity contribution in [2.45, 2.75) is 13.5 Å². The van der Waals surface area contributed by atoms with Gasteiger partial charge in [-0.15, -0.1) is 0 Å². The zero-order chi connectivity index (χ0) is 13.7. The Balaban J connectivity index is 1.91. The van der Waals surface area contributed by atoms with Crippen molar-refractivity contribution in [2.75, 3.05) is 39.5 Å². The van der Waals surface area contributed by atoms with Crippen LogP contribution in [0.1, 0.15) is 11.1 Å². The van der Waals surface area contributed by atoms with Crippen molar-refractivity contribution in [1.82, 2.24) is 4.90 Å². The fourth-order valence-corrected chi connectivity index (χ4v) is 2.88. The molecule has 1 aliphatic rings. The lowest BCUT2D eigenvalue weighted by Gasteiger charge is -2.26. The van der Waals surface area contributed by atoms with Crippen LogP contribution >= 0.6 is 15.9 Å². The summed E-state index contributed by atoms with van der Waals surface area (Å²) in [7, 11) is 0. The number of rotatable bonds is 5. The van der Waals surface area contributed by atoms with Gasteiger partial charge >= 0.3 is 0 Å². The van der Waals surface area contributed by atoms with Crippen LogP contribution in [0.4, 0.5) is 0 Å². The monoisotopic (exact) mass is 328 g/mol. The molecule has 1 aliphatic heterocycles. The van der Waals surface area contributed by atoms with Crippen molar-refractivity contribution < 1.29 is 9.47 Å². The van der Waals surface area contributed by atoms with Crippen molar-refractivity contribution in [3.8, 4) is 5.75 Å². The van der Waals surface area contributed by atoms with Crippen LogP contribution in [-0.2, 0) is 11.3 Å². The average molecular weight is 329 g/mol. The van der Waals surface area contributed by atoms with Crippen LogP contribution in [-0.4, -0.2) is 44.4 Å². The molecule has 0 atom stereocenters. The first-order valence-electron chi connectivity index (χ1n) is 6.62. The molecule has 0 saturated carbocycles. The maximum atomic E-state index is 5.93. The van der Waals surface area contributed by atoms with Crippen molar-refractivity contribution >= 4 is 15.9 Å². The molecule has 0 aliphatic carbocycles. The van der Waals surface area contributed by atoms with Gasteiger partial charge in [0.15, 0.2) is 0 Å². The van der Waals surface area contributed by atoms with E-state index in [-0.39, 0.29) is 0 Å². The second kappa shape index (κ2) is 7.24. The van der Waals surface area contributed by atoms with E-state index in [0.717, 1.165) is 54.2 Å². The van der Waals surface area contributed by atoms with Crippen molar-refractivity contribution in [3.05, 3.63) is 27.7 Å². The third-order valence-electron chi connectivity index (χ3n) is 3.29. The number of benzene rings is 1. The second-order valence-corrected chi connectivity index (χ2v) is 5.63. The first-order chi connectivity index (χ1) is 9.20. The van der Waals surface area contributed by atoms with Gasteiger partial charge in [0.25, 0.3) is 0 Å². The third kappa shape index (κ3) is 4.18. The Hall–Kier alpha value is -0.620. The number of hydrogen-bond acceptors (Lipinski definition) is 4. The highest BCUT2D eigenvalue weighted by Crippen LogP contribution is 2.27. The minimum absolute atomic E-state index is 0.493. The number of aryl methyl sites for hydroxylation is 1. The lowest BCUT2D eigenvalue weighted by atomic mass is 10.1. The molecule has 2 N–H and O–H groups in total. The van der Waals surface area contributed by atoms with E-state index in [1.165, 1.54) is 0 Å². The van der Waals surface area contributed by atoms with E-state index in [2.05, 4.69) is 26.9 Å². The molecule has 0 unspecified atom stereocenters. The molecule has 2 rings (SSSR count). The first kappa shape index (κ1) is 14.8. The number of halogens is 1. The molecule has 1 fully saturated rings. The van der Waals surface area contributed by atoms with Gasteiger partial charge in [-0.1, -0.05) is 15.9 Å². The summed E-state index contributed by atoms with van der Waals surface area (Å²) in [4.78, 5) is 2.36. The summed E-state index contributed by atoms with van der Waals surface area (Å²) in [5.74, 6) is 0.930. The molecule has 19 heavy (non-hydrogen) atoms. The van der Waals surface area contributed by atoms with E-state index < -0.39 is 0 Å². The van der Waals surface area contributed by atoms with Crippen LogP contribution in [0.2, 0.25) is 0 Å². The minimum atomic E-state index is 0.493. The molecule has 5 heteroatoms. The lowest BCUT2D eigenvalue weighted by molar-refractivity contribution is 0.0321. The second-order valence-electron chi connectivity index (χ2n) is 4.72. The van der Waals surface area contributed by atoms with Crippen molar-refractivity contribution in [2.24, 2.45) is 5.73 Å². The highest BCUT2D eigenvalue weighted by molar-refractivity contribution is 9.10. The standard InChI is InChI=1S/C14H21BrN2O2/c1-11-8-13(15)9-12(10-16)14(11)19-7-4-17-2-5-18-6-3-17/h8-9H,2-7,10,16H2,1H3. The van der Waals surface area contributed by atoms with Crippen LogP contribution in [0.3, 0.4) is 0 Å².